The second kappa shape index (κ2) is 43.5. The Morgan fingerprint density at radius 3 is 0.725 bits per heavy atom. The Balaban J connectivity index is 0.000000100. The summed E-state index contributed by atoms with van der Waals surface area (Å²) in [4.78, 5) is 26.7. The molecule has 786 valence electrons. The average Bonchev–Trinajstić information content (AvgIpc) is 1.54. The van der Waals surface area contributed by atoms with Crippen LogP contribution in [0.2, 0.25) is 0 Å². The molecule has 0 radical (unpaired) electrons. The first-order chi connectivity index (χ1) is 73.9. The van der Waals surface area contributed by atoms with Crippen molar-refractivity contribution in [2.24, 2.45) is 82.3 Å². The van der Waals surface area contributed by atoms with Crippen LogP contribution < -0.4 is 24.5 Å². The molecule has 28 rings (SSSR count). The van der Waals surface area contributed by atoms with E-state index < -0.39 is 11.8 Å². The highest BCUT2D eigenvalue weighted by Gasteiger charge is 2.62. The van der Waals surface area contributed by atoms with Crippen molar-refractivity contribution in [1.29, 1.82) is 0 Å². The van der Waals surface area contributed by atoms with Gasteiger partial charge in [0.05, 0.1) is 22.2 Å². The first-order valence-electron chi connectivity index (χ1n) is 62.2. The van der Waals surface area contributed by atoms with E-state index in [0.29, 0.717) is 71.8 Å². The van der Waals surface area contributed by atoms with Crippen LogP contribution in [0.4, 0.5) is 28.4 Å². The van der Waals surface area contributed by atoms with Crippen LogP contribution in [0, 0.1) is 117 Å². The van der Waals surface area contributed by atoms with Crippen molar-refractivity contribution in [3.63, 3.8) is 0 Å². The monoisotopic (exact) mass is 1990 g/mol. The minimum Gasteiger partial charge on any atom is -0.328 e. The number of para-hydroxylation sites is 5. The van der Waals surface area contributed by atoms with Crippen LogP contribution in [-0.2, 0) is 10.8 Å². The maximum atomic E-state index is 9.59. The summed E-state index contributed by atoms with van der Waals surface area (Å²) in [6.07, 6.45) is 88.6. The molecule has 9 unspecified atom stereocenters. The van der Waals surface area contributed by atoms with Gasteiger partial charge in [0.2, 0.25) is 0 Å². The molecule has 21 aliphatic rings. The molecule has 0 N–H and O–H groups in total. The Bertz CT molecular complexity index is 6300. The Kier molecular flexibility index (Phi) is 28.7. The molecule has 0 aromatic heterocycles. The van der Waals surface area contributed by atoms with Gasteiger partial charge in [-0.2, -0.15) is 0 Å². The lowest BCUT2D eigenvalue weighted by atomic mass is 9.63. The van der Waals surface area contributed by atoms with E-state index in [1.165, 1.54) is 397 Å². The summed E-state index contributed by atoms with van der Waals surface area (Å²) >= 11 is 0. The fourth-order valence-corrected chi connectivity index (χ4v) is 35.5. The molecular weight excluding hydrogens is 1810 g/mol. The molecular formula is C139H180N10. The second-order valence-corrected chi connectivity index (χ2v) is 50.3. The number of rotatable bonds is 18. The summed E-state index contributed by atoms with van der Waals surface area (Å²) in [5.74, 6) is 6.54. The van der Waals surface area contributed by atoms with Gasteiger partial charge in [0.1, 0.15) is 30.8 Å². The van der Waals surface area contributed by atoms with Crippen molar-refractivity contribution in [3.05, 3.63) is 339 Å². The minimum absolute atomic E-state index is 0.0000523. The van der Waals surface area contributed by atoms with E-state index in [-0.39, 0.29) is 10.8 Å². The zero-order valence-electron chi connectivity index (χ0n) is 94.8. The fourth-order valence-electron chi connectivity index (χ4n) is 35.5. The lowest BCUT2D eigenvalue weighted by molar-refractivity contribution is 0.149. The number of anilines is 5. The number of aryl methyl sites for hydroxylation is 5. The largest absolute Gasteiger partial charge is 0.328 e. The summed E-state index contributed by atoms with van der Waals surface area (Å²) in [5.41, 5.74) is 31.6. The average molecular weight is 1990 g/mol. The Morgan fingerprint density at radius 1 is 0.208 bits per heavy atom. The molecule has 7 aromatic carbocycles. The van der Waals surface area contributed by atoms with Gasteiger partial charge < -0.3 is 49.0 Å². The Morgan fingerprint density at radius 2 is 0.430 bits per heavy atom. The SMILES string of the molecule is CC1=C2N(C=CC2(C2CCCC2)C2CCCC2)C(C2CCCC2)N1c1ccccc1C.CC1=C2N(C=CC2(c2ccccc2)C2CCCC2)C(C2CCCC2)N1c1ccccc1C.CC1=C2N(C=CC2(c2ccccc2)C2CCCCC2)C(C2CCCC2)N1c1ccccc1C.[2H]C1(C2CCCC2)C=CN2C1=C(C)N(c1ccccc1C)C2C1CCCC1.[2H]C1(C2CCCCC2)C=CN2C1=C(C)N(c1ccccc1C)C2C1CCCC1. The second-order valence-electron chi connectivity index (χ2n) is 50.3. The molecule has 10 nitrogen and oxygen atoms in total. The van der Waals surface area contributed by atoms with E-state index in [9.17, 15) is 2.74 Å². The third-order valence-electron chi connectivity index (χ3n) is 42.3. The highest BCUT2D eigenvalue weighted by atomic mass is 15.5. The van der Waals surface area contributed by atoms with E-state index in [0.717, 1.165) is 29.6 Å². The van der Waals surface area contributed by atoms with Gasteiger partial charge >= 0.3 is 0 Å². The van der Waals surface area contributed by atoms with Crippen molar-refractivity contribution in [2.45, 2.75) is 406 Å². The van der Waals surface area contributed by atoms with Crippen molar-refractivity contribution >= 4 is 28.4 Å². The van der Waals surface area contributed by atoms with Gasteiger partial charge in [-0.3, -0.25) is 0 Å². The number of nitrogens with zero attached hydrogens (tertiary/aromatic N) is 10. The summed E-state index contributed by atoms with van der Waals surface area (Å²) in [5, 5.41) is 0. The fraction of sp³-hybridized carbons (Fsp3) is 0.554. The molecule has 7 aromatic rings. The molecule has 10 heteroatoms. The highest BCUT2D eigenvalue weighted by Crippen LogP contribution is 2.66. The van der Waals surface area contributed by atoms with Crippen LogP contribution in [0.25, 0.3) is 0 Å². The number of hydrogen-bond acceptors (Lipinski definition) is 10. The van der Waals surface area contributed by atoms with Crippen LogP contribution in [0.1, 0.15) is 372 Å². The van der Waals surface area contributed by atoms with Gasteiger partial charge in [-0.1, -0.05) is 336 Å². The summed E-state index contributed by atoms with van der Waals surface area (Å²) < 4.78 is 19.1. The number of benzene rings is 7. The van der Waals surface area contributed by atoms with Crippen LogP contribution >= 0.6 is 0 Å². The van der Waals surface area contributed by atoms with E-state index in [2.05, 4.69) is 362 Å². The molecule has 11 saturated carbocycles. The number of allylic oxidation sites excluding steroid dienone is 10. The van der Waals surface area contributed by atoms with Gasteiger partial charge in [0, 0.05) is 125 Å². The summed E-state index contributed by atoms with van der Waals surface area (Å²) in [6.45, 7) is 23.2. The lowest BCUT2D eigenvalue weighted by Gasteiger charge is -2.42. The van der Waals surface area contributed by atoms with Crippen molar-refractivity contribution in [1.82, 2.24) is 24.5 Å². The standard InChI is InChI=1S/C31H38N2.C30H36N2.C29H40N2.C25H34N2.C24H32N2/c1-23-13-9-12-20-28(23)33-24(2)29-31(26-16-5-3-6-17-26,27-18-7-4-8-19-27)21-22-32(29)30(33)25-14-10-11-15-25;1-22-12-6-11-19-27(22)32-23(2)28-30(26-17-9-10-18-26,25-15-4-3-5-16-25)20-21-31(28)29(32)24-13-7-8-14-24;1-21-11-3-10-18-26(21)31-22(2)27-29(24-14-6-7-15-24,25-16-8-9-17-25)19-20-30(27)28(31)23-12-4-5-13-23;1-18-10-6-9-15-23(18)27-19(2)24-22(20-11-4-3-5-12-20)16-17-26(24)25(27)21-13-7-8-14-21;1-17-9-3-8-14-22(17)26-18(2)23-21(19-10-4-5-11-19)15-16-25(23)24(26)20-12-6-7-13-20/h3,5-6,9,12-13,16-17,20-22,25,27,30H,4,7-8,10-11,14-15,18-19H2,1-2H3;3-6,11-12,15-16,19-21,24,26,29H,7-10,13-14,17-18H2,1-2H3;3,10-11,18-20,23-25,28H,4-9,12-17H2,1-2H3;6,9-10,15-17,20-22,25H,3-5,7-8,11-14H2,1-2H3;3,8-9,14-16,19-21,24H,4-7,10-13H2,1-2H3/i;;;22D;21D. The van der Waals surface area contributed by atoms with Crippen molar-refractivity contribution < 1.29 is 2.74 Å². The van der Waals surface area contributed by atoms with Crippen LogP contribution in [0.5, 0.6) is 0 Å². The highest BCUT2D eigenvalue weighted by molar-refractivity contribution is 5.70. The van der Waals surface area contributed by atoms with Crippen LogP contribution in [0.15, 0.2) is 300 Å². The lowest BCUT2D eigenvalue weighted by Crippen LogP contribution is -2.44. The van der Waals surface area contributed by atoms with Gasteiger partial charge in [-0.25, -0.2) is 0 Å². The minimum atomic E-state index is -0.543. The third kappa shape index (κ3) is 17.8. The van der Waals surface area contributed by atoms with E-state index >= 15 is 0 Å². The zero-order chi connectivity index (χ0) is 103. The van der Waals surface area contributed by atoms with Crippen LogP contribution in [0.3, 0.4) is 0 Å². The first kappa shape index (κ1) is 98.4. The molecule has 0 saturated heterocycles. The van der Waals surface area contributed by atoms with Crippen molar-refractivity contribution in [2.75, 3.05) is 24.5 Å². The molecule has 11 fully saturated rings. The van der Waals surface area contributed by atoms with Gasteiger partial charge in [-0.05, 0) is 345 Å². The zero-order valence-corrected chi connectivity index (χ0v) is 92.8. The molecule has 11 aliphatic carbocycles. The van der Waals surface area contributed by atoms with Gasteiger partial charge in [0.25, 0.3) is 0 Å². The molecule has 0 amide bonds. The molecule has 0 spiro atoms. The van der Waals surface area contributed by atoms with Gasteiger partial charge in [-0.15, -0.1) is 0 Å². The summed E-state index contributed by atoms with van der Waals surface area (Å²) in [7, 11) is 0. The molecule has 0 bridgehead atoms. The van der Waals surface area contributed by atoms with E-state index in [1.54, 1.807) is 22.8 Å². The molecule has 10 heterocycles. The topological polar surface area (TPSA) is 32.4 Å². The molecule has 149 heavy (non-hydrogen) atoms. The number of hydrogen-bond donors (Lipinski definition) is 0. The summed E-state index contributed by atoms with van der Waals surface area (Å²) in [6, 6.07) is 67.6. The van der Waals surface area contributed by atoms with Crippen molar-refractivity contribution in [3.8, 4) is 0 Å². The van der Waals surface area contributed by atoms with E-state index in [1.807, 2.05) is 0 Å². The Labute approximate surface area is 902 Å². The number of fused-ring (bicyclic) bond motifs is 5. The molecule has 9 atom stereocenters. The van der Waals surface area contributed by atoms with E-state index in [4.69, 9.17) is 0 Å². The third-order valence-corrected chi connectivity index (χ3v) is 42.3. The first-order valence-corrected chi connectivity index (χ1v) is 61.2. The smallest absolute Gasteiger partial charge is 0.113 e. The maximum Gasteiger partial charge on any atom is 0.113 e. The Hall–Kier alpha value is -10.1. The predicted molar refractivity (Wildman–Crippen MR) is 622 cm³/mol. The molecule has 10 aliphatic heterocycles. The maximum absolute atomic E-state index is 9.59. The normalized spacial score (nSPS) is 30.0. The predicted octanol–water partition coefficient (Wildman–Crippen LogP) is 36.0. The van der Waals surface area contributed by atoms with Gasteiger partial charge in [0.15, 0.2) is 0 Å². The quantitative estimate of drug-likeness (QED) is 0.0829. The van der Waals surface area contributed by atoms with Crippen LogP contribution in [-0.4, -0.2) is 55.3 Å².